The molecular weight excluding hydrogens is 434 g/mol. The lowest BCUT2D eigenvalue weighted by molar-refractivity contribution is -0.159. The van der Waals surface area contributed by atoms with Crippen LogP contribution >= 0.6 is 0 Å². The fourth-order valence-corrected chi connectivity index (χ4v) is 3.25. The van der Waals surface area contributed by atoms with Crippen LogP contribution in [0.4, 0.5) is 8.78 Å². The second-order valence-corrected chi connectivity index (χ2v) is 7.67. The van der Waals surface area contributed by atoms with Crippen molar-refractivity contribution in [3.8, 4) is 23.1 Å². The number of benzene rings is 1. The van der Waals surface area contributed by atoms with Crippen LogP contribution in [0.25, 0.3) is 11.5 Å². The van der Waals surface area contributed by atoms with Gasteiger partial charge in [-0.05, 0) is 39.0 Å². The van der Waals surface area contributed by atoms with Crippen LogP contribution in [0, 0.1) is 13.8 Å². The molecule has 8 nitrogen and oxygen atoms in total. The molecular formula is C23H26F2N4O4. The Bertz CT molecular complexity index is 1100. The summed E-state index contributed by atoms with van der Waals surface area (Å²) in [6.45, 7) is 8.55. The minimum Gasteiger partial charge on any atom is -0.475 e. The summed E-state index contributed by atoms with van der Waals surface area (Å²) < 4.78 is 41.5. The number of hydrogen-bond donors (Lipinski definition) is 0. The van der Waals surface area contributed by atoms with Gasteiger partial charge in [0.05, 0.1) is 23.4 Å². The molecule has 0 fully saturated rings. The van der Waals surface area contributed by atoms with Gasteiger partial charge in [-0.2, -0.15) is 8.78 Å². The van der Waals surface area contributed by atoms with Crippen molar-refractivity contribution in [3.63, 3.8) is 0 Å². The minimum atomic E-state index is -3.30. The number of carbonyl (C=O) groups excluding carboxylic acids is 1. The van der Waals surface area contributed by atoms with Gasteiger partial charge in [0, 0.05) is 26.5 Å². The smallest absolute Gasteiger partial charge is 0.394 e. The van der Waals surface area contributed by atoms with E-state index in [0.717, 1.165) is 11.8 Å². The van der Waals surface area contributed by atoms with Gasteiger partial charge in [0.25, 0.3) is 5.91 Å². The molecule has 0 unspecified atom stereocenters. The van der Waals surface area contributed by atoms with Crippen LogP contribution in [0.2, 0.25) is 0 Å². The lowest BCUT2D eigenvalue weighted by Crippen LogP contribution is -2.42. The Kier molecular flexibility index (Phi) is 7.25. The first-order valence-electron chi connectivity index (χ1n) is 10.4. The number of amides is 1. The Morgan fingerprint density at radius 2 is 1.97 bits per heavy atom. The van der Waals surface area contributed by atoms with Crippen LogP contribution in [-0.4, -0.2) is 51.3 Å². The van der Waals surface area contributed by atoms with Gasteiger partial charge < -0.3 is 18.8 Å². The molecule has 2 aromatic heterocycles. The average molecular weight is 460 g/mol. The van der Waals surface area contributed by atoms with Crippen LogP contribution in [0.15, 0.2) is 40.9 Å². The second-order valence-electron chi connectivity index (χ2n) is 7.67. The van der Waals surface area contributed by atoms with Gasteiger partial charge in [0.1, 0.15) is 12.4 Å². The maximum atomic E-state index is 13.4. The summed E-state index contributed by atoms with van der Waals surface area (Å²) in [5.41, 5.74) is 1.96. The number of rotatable bonds is 9. The number of nitrogens with zero attached hydrogens (tertiary/aromatic N) is 4. The van der Waals surface area contributed by atoms with Crippen molar-refractivity contribution < 1.29 is 27.5 Å². The van der Waals surface area contributed by atoms with Crippen LogP contribution < -0.4 is 9.47 Å². The summed E-state index contributed by atoms with van der Waals surface area (Å²) in [6, 6.07) is 7.90. The molecule has 0 N–H and O–H groups in total. The molecule has 176 valence electrons. The molecule has 0 aliphatic carbocycles. The molecule has 0 aliphatic heterocycles. The third-order valence-corrected chi connectivity index (χ3v) is 4.77. The molecule has 2 heterocycles. The lowest BCUT2D eigenvalue weighted by atomic mass is 10.0. The number of ether oxygens (including phenoxy) is 2. The van der Waals surface area contributed by atoms with E-state index in [1.54, 1.807) is 17.9 Å². The number of aromatic nitrogens is 3. The predicted molar refractivity (Wildman–Crippen MR) is 116 cm³/mol. The van der Waals surface area contributed by atoms with Crippen molar-refractivity contribution in [2.45, 2.75) is 46.8 Å². The molecule has 0 saturated carbocycles. The molecule has 1 atom stereocenters. The van der Waals surface area contributed by atoms with E-state index in [4.69, 9.17) is 9.15 Å². The SMILES string of the molecule is CCN(C(=O)c1ccc(C)cc1-c1nnc(C)o1)[C@@H](C)COc1ccc(OC(C)(F)F)cn1. The number of carbonyl (C=O) groups is 1. The van der Waals surface area contributed by atoms with Gasteiger partial charge in [0.2, 0.25) is 17.7 Å². The van der Waals surface area contributed by atoms with Crippen molar-refractivity contribution in [2.75, 3.05) is 13.2 Å². The first-order valence-corrected chi connectivity index (χ1v) is 10.4. The summed E-state index contributed by atoms with van der Waals surface area (Å²) in [5, 5.41) is 7.92. The van der Waals surface area contributed by atoms with E-state index in [1.807, 2.05) is 32.9 Å². The van der Waals surface area contributed by atoms with E-state index < -0.39 is 6.11 Å². The molecule has 0 bridgehead atoms. The third kappa shape index (κ3) is 6.24. The minimum absolute atomic E-state index is 0.0728. The van der Waals surface area contributed by atoms with Gasteiger partial charge >= 0.3 is 6.11 Å². The van der Waals surface area contributed by atoms with Gasteiger partial charge in [-0.25, -0.2) is 4.98 Å². The van der Waals surface area contributed by atoms with Crippen LogP contribution in [0.1, 0.15) is 42.6 Å². The highest BCUT2D eigenvalue weighted by Gasteiger charge is 2.26. The molecule has 1 aromatic carbocycles. The van der Waals surface area contributed by atoms with E-state index in [2.05, 4.69) is 19.9 Å². The zero-order valence-electron chi connectivity index (χ0n) is 19.1. The van der Waals surface area contributed by atoms with Gasteiger partial charge in [-0.3, -0.25) is 4.79 Å². The summed E-state index contributed by atoms with van der Waals surface area (Å²) in [6.07, 6.45) is -2.14. The Morgan fingerprint density at radius 1 is 1.21 bits per heavy atom. The van der Waals surface area contributed by atoms with E-state index in [9.17, 15) is 13.6 Å². The summed E-state index contributed by atoms with van der Waals surface area (Å²) in [4.78, 5) is 19.0. The van der Waals surface area contributed by atoms with Crippen molar-refractivity contribution in [1.29, 1.82) is 0 Å². The quantitative estimate of drug-likeness (QED) is 0.458. The number of hydrogen-bond acceptors (Lipinski definition) is 7. The Labute approximate surface area is 190 Å². The topological polar surface area (TPSA) is 90.6 Å². The molecule has 33 heavy (non-hydrogen) atoms. The van der Waals surface area contributed by atoms with Crippen molar-refractivity contribution in [2.24, 2.45) is 0 Å². The maximum absolute atomic E-state index is 13.4. The predicted octanol–water partition coefficient (Wildman–Crippen LogP) is 4.67. The van der Waals surface area contributed by atoms with Gasteiger partial charge in [-0.15, -0.1) is 10.2 Å². The summed E-state index contributed by atoms with van der Waals surface area (Å²) in [5.74, 6) is 0.640. The zero-order chi connectivity index (χ0) is 24.2. The Hall–Kier alpha value is -3.56. The number of alkyl halides is 2. The monoisotopic (exact) mass is 460 g/mol. The van der Waals surface area contributed by atoms with E-state index >= 15 is 0 Å². The van der Waals surface area contributed by atoms with Crippen molar-refractivity contribution in [3.05, 3.63) is 53.5 Å². The van der Waals surface area contributed by atoms with Crippen LogP contribution in [0.3, 0.4) is 0 Å². The highest BCUT2D eigenvalue weighted by atomic mass is 19.3. The first-order chi connectivity index (χ1) is 15.6. The standard InChI is InChI=1S/C23H26F2N4O4/c1-6-29(15(3)13-31-20-10-8-17(12-26-20)33-23(5,24)25)22(30)18-9-7-14(2)11-19(18)21-28-27-16(4)32-21/h7-12,15H,6,13H2,1-5H3/t15-/m0/s1. The summed E-state index contributed by atoms with van der Waals surface area (Å²) >= 11 is 0. The second kappa shape index (κ2) is 9.93. The number of halogens is 2. The maximum Gasteiger partial charge on any atom is 0.394 e. The van der Waals surface area contributed by atoms with E-state index in [0.29, 0.717) is 30.5 Å². The molecule has 3 rings (SSSR count). The Balaban J connectivity index is 1.72. The summed E-state index contributed by atoms with van der Waals surface area (Å²) in [7, 11) is 0. The molecule has 0 saturated heterocycles. The molecule has 0 radical (unpaired) electrons. The molecule has 10 heteroatoms. The number of likely N-dealkylation sites (N-methyl/N-ethyl adjacent to an activating group) is 1. The molecule has 3 aromatic rings. The fraction of sp³-hybridized carbons (Fsp3) is 0.391. The van der Waals surface area contributed by atoms with E-state index in [-0.39, 0.29) is 36.1 Å². The third-order valence-electron chi connectivity index (χ3n) is 4.77. The van der Waals surface area contributed by atoms with Crippen LogP contribution in [0.5, 0.6) is 11.6 Å². The van der Waals surface area contributed by atoms with Gasteiger partial charge in [-0.1, -0.05) is 11.6 Å². The fourth-order valence-electron chi connectivity index (χ4n) is 3.25. The van der Waals surface area contributed by atoms with Gasteiger partial charge in [0.15, 0.2) is 0 Å². The van der Waals surface area contributed by atoms with Crippen molar-refractivity contribution in [1.82, 2.24) is 20.1 Å². The average Bonchev–Trinajstić information content (AvgIpc) is 3.18. The zero-order valence-corrected chi connectivity index (χ0v) is 19.1. The largest absolute Gasteiger partial charge is 0.475 e. The number of pyridine rings is 1. The molecule has 0 aliphatic rings. The van der Waals surface area contributed by atoms with Crippen LogP contribution in [-0.2, 0) is 0 Å². The normalized spacial score (nSPS) is 12.3. The number of aryl methyl sites for hydroxylation is 2. The first kappa shape index (κ1) is 24.1. The van der Waals surface area contributed by atoms with Crippen molar-refractivity contribution >= 4 is 5.91 Å². The Morgan fingerprint density at radius 3 is 2.55 bits per heavy atom. The van der Waals surface area contributed by atoms with E-state index in [1.165, 1.54) is 12.1 Å². The lowest BCUT2D eigenvalue weighted by Gasteiger charge is -2.28. The highest BCUT2D eigenvalue weighted by molar-refractivity contribution is 6.00. The molecule has 0 spiro atoms. The highest BCUT2D eigenvalue weighted by Crippen LogP contribution is 2.26. The molecule has 1 amide bonds.